The fourth-order valence-corrected chi connectivity index (χ4v) is 1.36. The molecule has 0 bridgehead atoms. The summed E-state index contributed by atoms with van der Waals surface area (Å²) in [6, 6.07) is 0.194. The molecule has 3 nitrogen and oxygen atoms in total. The summed E-state index contributed by atoms with van der Waals surface area (Å²) in [4.78, 5) is 13.2. The van der Waals surface area contributed by atoms with Crippen molar-refractivity contribution in [3.63, 3.8) is 0 Å². The average Bonchev–Trinajstić information content (AvgIpc) is 2.04. The van der Waals surface area contributed by atoms with E-state index in [0.717, 1.165) is 0 Å². The normalized spacial score (nSPS) is 13.1. The van der Waals surface area contributed by atoms with E-state index in [-0.39, 0.29) is 23.4 Å². The molecule has 0 spiro atoms. The summed E-state index contributed by atoms with van der Waals surface area (Å²) in [6.45, 7) is 6.53. The molecule has 0 saturated carbocycles. The lowest BCUT2D eigenvalue weighted by atomic mass is 10.2. The zero-order valence-corrected chi connectivity index (χ0v) is 10.0. The molecule has 4 heteroatoms. The number of aliphatic hydroxyl groups excluding tert-OH is 1. The van der Waals surface area contributed by atoms with Gasteiger partial charge in [0.2, 0.25) is 5.91 Å². The van der Waals surface area contributed by atoms with Crippen LogP contribution in [0.5, 0.6) is 0 Å². The first kappa shape index (κ1) is 12.9. The van der Waals surface area contributed by atoms with E-state index in [1.54, 1.807) is 4.90 Å². The van der Waals surface area contributed by atoms with Gasteiger partial charge in [0.15, 0.2) is 0 Å². The van der Waals surface area contributed by atoms with Gasteiger partial charge < -0.3 is 10.0 Å². The minimum atomic E-state index is -0.145. The van der Waals surface area contributed by atoms with Crippen LogP contribution in [0.15, 0.2) is 0 Å². The van der Waals surface area contributed by atoms with Gasteiger partial charge in [0.25, 0.3) is 0 Å². The third-order valence-corrected chi connectivity index (χ3v) is 2.20. The lowest BCUT2D eigenvalue weighted by Crippen LogP contribution is -2.41. The van der Waals surface area contributed by atoms with E-state index in [9.17, 15) is 4.79 Å². The topological polar surface area (TPSA) is 40.5 Å². The number of alkyl halides is 1. The molecule has 0 heterocycles. The molecule has 0 aromatic rings. The van der Waals surface area contributed by atoms with Crippen molar-refractivity contribution in [2.45, 2.75) is 38.1 Å². The van der Waals surface area contributed by atoms with Crippen molar-refractivity contribution in [1.82, 2.24) is 4.90 Å². The van der Waals surface area contributed by atoms with Crippen LogP contribution in [0.1, 0.15) is 27.2 Å². The third kappa shape index (κ3) is 4.62. The number of aliphatic hydroxyl groups is 1. The van der Waals surface area contributed by atoms with Crippen LogP contribution >= 0.6 is 15.9 Å². The van der Waals surface area contributed by atoms with Gasteiger partial charge in [-0.3, -0.25) is 4.79 Å². The Morgan fingerprint density at radius 2 is 2.00 bits per heavy atom. The van der Waals surface area contributed by atoms with Gasteiger partial charge in [-0.05, 0) is 27.2 Å². The largest absolute Gasteiger partial charge is 0.396 e. The van der Waals surface area contributed by atoms with Crippen LogP contribution in [0.3, 0.4) is 0 Å². The second-order valence-electron chi connectivity index (χ2n) is 3.32. The first-order valence-corrected chi connectivity index (χ1v) is 5.47. The van der Waals surface area contributed by atoms with Crippen molar-refractivity contribution >= 4 is 21.8 Å². The maximum Gasteiger partial charge on any atom is 0.236 e. The SMILES string of the molecule is CC(Br)C(=O)N(CCCO)C(C)C. The lowest BCUT2D eigenvalue weighted by Gasteiger charge is -2.27. The Morgan fingerprint density at radius 1 is 1.46 bits per heavy atom. The molecule has 1 unspecified atom stereocenters. The summed E-state index contributed by atoms with van der Waals surface area (Å²) in [5.41, 5.74) is 0. The second kappa shape index (κ2) is 6.38. The molecule has 1 amide bonds. The molecule has 0 aromatic carbocycles. The number of halogens is 1. The van der Waals surface area contributed by atoms with Gasteiger partial charge in [0, 0.05) is 19.2 Å². The third-order valence-electron chi connectivity index (χ3n) is 1.80. The summed E-state index contributed by atoms with van der Waals surface area (Å²) < 4.78 is 0. The van der Waals surface area contributed by atoms with Crippen LogP contribution in [-0.4, -0.2) is 39.9 Å². The van der Waals surface area contributed by atoms with E-state index < -0.39 is 0 Å². The van der Waals surface area contributed by atoms with Gasteiger partial charge in [-0.1, -0.05) is 15.9 Å². The Balaban J connectivity index is 4.16. The van der Waals surface area contributed by atoms with E-state index in [4.69, 9.17) is 5.11 Å². The molecular formula is C9H18BrNO2. The zero-order valence-electron chi connectivity index (χ0n) is 8.46. The van der Waals surface area contributed by atoms with E-state index in [2.05, 4.69) is 15.9 Å². The van der Waals surface area contributed by atoms with Gasteiger partial charge in [0.1, 0.15) is 0 Å². The summed E-state index contributed by atoms with van der Waals surface area (Å²) in [6.07, 6.45) is 0.642. The zero-order chi connectivity index (χ0) is 10.4. The molecule has 0 aliphatic heterocycles. The second-order valence-corrected chi connectivity index (χ2v) is 4.69. The van der Waals surface area contributed by atoms with Crippen molar-refractivity contribution < 1.29 is 9.90 Å². The van der Waals surface area contributed by atoms with Crippen LogP contribution in [0, 0.1) is 0 Å². The van der Waals surface area contributed by atoms with Gasteiger partial charge in [-0.2, -0.15) is 0 Å². The Hall–Kier alpha value is -0.0900. The quantitative estimate of drug-likeness (QED) is 0.751. The molecule has 0 aliphatic carbocycles. The first-order chi connectivity index (χ1) is 6.00. The smallest absolute Gasteiger partial charge is 0.236 e. The predicted molar refractivity (Wildman–Crippen MR) is 56.9 cm³/mol. The van der Waals surface area contributed by atoms with Crippen LogP contribution in [0.2, 0.25) is 0 Å². The Kier molecular flexibility index (Phi) is 6.33. The van der Waals surface area contributed by atoms with Crippen LogP contribution in [0.25, 0.3) is 0 Å². The highest BCUT2D eigenvalue weighted by Crippen LogP contribution is 2.08. The molecule has 0 aliphatic rings. The van der Waals surface area contributed by atoms with Crippen molar-refractivity contribution in [2.75, 3.05) is 13.2 Å². The van der Waals surface area contributed by atoms with Crippen LogP contribution in [0.4, 0.5) is 0 Å². The predicted octanol–water partition coefficient (Wildman–Crippen LogP) is 1.39. The number of carbonyl (C=O) groups excluding carboxylic acids is 1. The van der Waals surface area contributed by atoms with Crippen molar-refractivity contribution in [2.24, 2.45) is 0 Å². The number of rotatable bonds is 5. The van der Waals surface area contributed by atoms with Gasteiger partial charge in [0.05, 0.1) is 4.83 Å². The van der Waals surface area contributed by atoms with E-state index in [1.807, 2.05) is 20.8 Å². The van der Waals surface area contributed by atoms with Gasteiger partial charge in [-0.25, -0.2) is 0 Å². The summed E-state index contributed by atoms with van der Waals surface area (Å²) in [5, 5.41) is 8.67. The van der Waals surface area contributed by atoms with E-state index in [0.29, 0.717) is 13.0 Å². The summed E-state index contributed by atoms with van der Waals surface area (Å²) in [5.74, 6) is 0.0865. The average molecular weight is 252 g/mol. The molecule has 0 saturated heterocycles. The number of hydrogen-bond donors (Lipinski definition) is 1. The van der Waals surface area contributed by atoms with Crippen molar-refractivity contribution in [3.8, 4) is 0 Å². The fraction of sp³-hybridized carbons (Fsp3) is 0.889. The highest BCUT2D eigenvalue weighted by molar-refractivity contribution is 9.10. The maximum absolute atomic E-state index is 11.6. The molecule has 0 fully saturated rings. The van der Waals surface area contributed by atoms with Gasteiger partial charge >= 0.3 is 0 Å². The molecule has 0 aromatic heterocycles. The minimum absolute atomic E-state index is 0.0865. The van der Waals surface area contributed by atoms with Crippen molar-refractivity contribution in [1.29, 1.82) is 0 Å². The minimum Gasteiger partial charge on any atom is -0.396 e. The molecule has 0 radical (unpaired) electrons. The highest BCUT2D eigenvalue weighted by atomic mass is 79.9. The number of amides is 1. The Bertz CT molecular complexity index is 160. The van der Waals surface area contributed by atoms with Gasteiger partial charge in [-0.15, -0.1) is 0 Å². The Morgan fingerprint density at radius 3 is 2.31 bits per heavy atom. The molecule has 1 atom stereocenters. The number of nitrogens with zero attached hydrogens (tertiary/aromatic N) is 1. The first-order valence-electron chi connectivity index (χ1n) is 4.56. The number of hydrogen-bond acceptors (Lipinski definition) is 2. The summed E-state index contributed by atoms with van der Waals surface area (Å²) >= 11 is 3.25. The van der Waals surface area contributed by atoms with Crippen molar-refractivity contribution in [3.05, 3.63) is 0 Å². The number of carbonyl (C=O) groups is 1. The fourth-order valence-electron chi connectivity index (χ4n) is 1.09. The molecular weight excluding hydrogens is 234 g/mol. The highest BCUT2D eigenvalue weighted by Gasteiger charge is 2.19. The van der Waals surface area contributed by atoms with E-state index in [1.165, 1.54) is 0 Å². The van der Waals surface area contributed by atoms with Crippen LogP contribution < -0.4 is 0 Å². The summed E-state index contributed by atoms with van der Waals surface area (Å²) in [7, 11) is 0. The van der Waals surface area contributed by atoms with Crippen LogP contribution in [-0.2, 0) is 4.79 Å². The monoisotopic (exact) mass is 251 g/mol. The Labute approximate surface area is 88.2 Å². The molecule has 13 heavy (non-hydrogen) atoms. The molecule has 78 valence electrons. The standard InChI is InChI=1S/C9H18BrNO2/c1-7(2)11(5-4-6-12)9(13)8(3)10/h7-8,12H,4-6H2,1-3H3. The maximum atomic E-state index is 11.6. The molecule has 0 rings (SSSR count). The lowest BCUT2D eigenvalue weighted by molar-refractivity contribution is -0.132. The molecule has 1 N–H and O–H groups in total. The van der Waals surface area contributed by atoms with E-state index >= 15 is 0 Å².